The predicted octanol–water partition coefficient (Wildman–Crippen LogP) is 1.49. The van der Waals surface area contributed by atoms with Gasteiger partial charge in [0.1, 0.15) is 0 Å². The van der Waals surface area contributed by atoms with Crippen molar-refractivity contribution in [2.75, 3.05) is 5.32 Å². The molecule has 4 nitrogen and oxygen atoms in total. The van der Waals surface area contributed by atoms with E-state index in [1.54, 1.807) is 0 Å². The van der Waals surface area contributed by atoms with Crippen LogP contribution < -0.4 is 10.4 Å². The minimum absolute atomic E-state index is 0.209. The highest BCUT2D eigenvalue weighted by Crippen LogP contribution is 2.30. The van der Waals surface area contributed by atoms with E-state index in [0.29, 0.717) is 18.5 Å². The molecule has 0 radical (unpaired) electrons. The quantitative estimate of drug-likeness (QED) is 0.895. The van der Waals surface area contributed by atoms with Crippen LogP contribution in [0.5, 0.6) is 0 Å². The highest BCUT2D eigenvalue weighted by Gasteiger charge is 2.31. The maximum absolute atomic E-state index is 12.2. The summed E-state index contributed by atoms with van der Waals surface area (Å²) >= 11 is 0. The number of amides is 1. The Labute approximate surface area is 112 Å². The number of aliphatic carboxylic acids is 1. The zero-order valence-electron chi connectivity index (χ0n) is 11.0. The molecule has 1 aliphatic rings. The minimum atomic E-state index is -1.11. The van der Waals surface area contributed by atoms with Crippen LogP contribution in [0.2, 0.25) is 0 Å². The third kappa shape index (κ3) is 3.34. The summed E-state index contributed by atoms with van der Waals surface area (Å²) in [5.41, 5.74) is 1.77. The molecule has 1 aliphatic carbocycles. The van der Waals surface area contributed by atoms with Gasteiger partial charge in [-0.2, -0.15) is 0 Å². The molecule has 1 saturated carbocycles. The van der Waals surface area contributed by atoms with Crippen LogP contribution in [0.25, 0.3) is 0 Å². The summed E-state index contributed by atoms with van der Waals surface area (Å²) in [7, 11) is 0. The number of nitrogens with one attached hydrogen (secondary N) is 1. The number of anilines is 1. The first-order valence-electron chi connectivity index (χ1n) is 6.66. The molecule has 0 heterocycles. The van der Waals surface area contributed by atoms with Crippen molar-refractivity contribution in [3.8, 4) is 0 Å². The van der Waals surface area contributed by atoms with Crippen LogP contribution >= 0.6 is 0 Å². The molecule has 0 aromatic heterocycles. The van der Waals surface area contributed by atoms with E-state index in [1.165, 1.54) is 0 Å². The highest BCUT2D eigenvalue weighted by molar-refractivity contribution is 5.95. The fourth-order valence-corrected chi connectivity index (χ4v) is 2.68. The third-order valence-corrected chi connectivity index (χ3v) is 3.69. The molecule has 1 N–H and O–H groups in total. The molecule has 0 unspecified atom stereocenters. The minimum Gasteiger partial charge on any atom is -0.550 e. The van der Waals surface area contributed by atoms with E-state index in [0.717, 1.165) is 18.4 Å². The van der Waals surface area contributed by atoms with Crippen LogP contribution in [0, 0.1) is 18.8 Å². The van der Waals surface area contributed by atoms with E-state index in [-0.39, 0.29) is 5.91 Å². The molecule has 1 aromatic rings. The largest absolute Gasteiger partial charge is 0.550 e. The first-order valence-corrected chi connectivity index (χ1v) is 6.66. The van der Waals surface area contributed by atoms with Crippen LogP contribution in [-0.2, 0) is 9.59 Å². The second-order valence-corrected chi connectivity index (χ2v) is 5.18. The van der Waals surface area contributed by atoms with Crippen LogP contribution in [0.15, 0.2) is 24.3 Å². The number of rotatable bonds is 3. The van der Waals surface area contributed by atoms with Gasteiger partial charge in [-0.05, 0) is 37.5 Å². The number of hydrogen-bond donors (Lipinski definition) is 1. The smallest absolute Gasteiger partial charge is 0.228 e. The fraction of sp³-hybridized carbons (Fsp3) is 0.467. The zero-order chi connectivity index (χ0) is 13.8. The Balaban J connectivity index is 2.07. The third-order valence-electron chi connectivity index (χ3n) is 3.69. The van der Waals surface area contributed by atoms with Gasteiger partial charge in [-0.3, -0.25) is 4.79 Å². The maximum Gasteiger partial charge on any atom is 0.228 e. The second kappa shape index (κ2) is 5.87. The van der Waals surface area contributed by atoms with Crippen molar-refractivity contribution < 1.29 is 14.7 Å². The second-order valence-electron chi connectivity index (χ2n) is 5.18. The lowest BCUT2D eigenvalue weighted by Crippen LogP contribution is -2.42. The molecular weight excluding hydrogens is 242 g/mol. The molecule has 2 atom stereocenters. The molecule has 102 valence electrons. The summed E-state index contributed by atoms with van der Waals surface area (Å²) in [5, 5.41) is 13.9. The molecule has 1 fully saturated rings. The molecule has 1 aromatic carbocycles. The van der Waals surface area contributed by atoms with E-state index in [1.807, 2.05) is 31.2 Å². The van der Waals surface area contributed by atoms with Gasteiger partial charge in [0.15, 0.2) is 0 Å². The number of hydrogen-bond acceptors (Lipinski definition) is 3. The number of carbonyl (C=O) groups excluding carboxylic acids is 2. The van der Waals surface area contributed by atoms with Crippen LogP contribution in [0.4, 0.5) is 5.69 Å². The zero-order valence-corrected chi connectivity index (χ0v) is 11.0. The standard InChI is InChI=1S/C15H19NO3/c1-10-5-4-6-11(9-10)16-14(17)12-7-2-3-8-13(12)15(18)19/h4-6,9,12-13H,2-3,7-8H2,1H3,(H,16,17)(H,18,19)/p-1/t12-,13+/m1/s1. The Morgan fingerprint density at radius 1 is 1.21 bits per heavy atom. The van der Waals surface area contributed by atoms with E-state index in [9.17, 15) is 14.7 Å². The first kappa shape index (κ1) is 13.6. The van der Waals surface area contributed by atoms with Crippen molar-refractivity contribution in [1.82, 2.24) is 0 Å². The number of benzene rings is 1. The Morgan fingerprint density at radius 2 is 1.89 bits per heavy atom. The predicted molar refractivity (Wildman–Crippen MR) is 70.3 cm³/mol. The van der Waals surface area contributed by atoms with Crippen LogP contribution in [-0.4, -0.2) is 11.9 Å². The molecule has 0 aliphatic heterocycles. The SMILES string of the molecule is Cc1cccc(NC(=O)[C@@H]2CCCC[C@@H]2C(=O)[O-])c1. The van der Waals surface area contributed by atoms with Crippen molar-refractivity contribution in [3.63, 3.8) is 0 Å². The lowest BCUT2D eigenvalue weighted by Gasteiger charge is -2.31. The summed E-state index contributed by atoms with van der Waals surface area (Å²) in [6.45, 7) is 1.94. The van der Waals surface area contributed by atoms with Gasteiger partial charge in [0.2, 0.25) is 5.91 Å². The summed E-state index contributed by atoms with van der Waals surface area (Å²) in [6, 6.07) is 7.48. The Kier molecular flexibility index (Phi) is 4.20. The van der Waals surface area contributed by atoms with Crippen LogP contribution in [0.3, 0.4) is 0 Å². The summed E-state index contributed by atoms with van der Waals surface area (Å²) in [4.78, 5) is 23.3. The highest BCUT2D eigenvalue weighted by atomic mass is 16.4. The van der Waals surface area contributed by atoms with Gasteiger partial charge in [-0.25, -0.2) is 0 Å². The van der Waals surface area contributed by atoms with Gasteiger partial charge in [-0.15, -0.1) is 0 Å². The van der Waals surface area contributed by atoms with Crippen molar-refractivity contribution in [1.29, 1.82) is 0 Å². The number of aryl methyl sites for hydroxylation is 1. The lowest BCUT2D eigenvalue weighted by atomic mass is 9.78. The maximum atomic E-state index is 12.2. The van der Waals surface area contributed by atoms with Crippen molar-refractivity contribution in [2.24, 2.45) is 11.8 Å². The van der Waals surface area contributed by atoms with Gasteiger partial charge in [-0.1, -0.05) is 25.0 Å². The number of carbonyl (C=O) groups is 2. The molecule has 0 spiro atoms. The van der Waals surface area contributed by atoms with Gasteiger partial charge in [0.05, 0.1) is 0 Å². The van der Waals surface area contributed by atoms with Crippen LogP contribution in [0.1, 0.15) is 31.2 Å². The molecule has 0 bridgehead atoms. The van der Waals surface area contributed by atoms with Gasteiger partial charge < -0.3 is 15.2 Å². The molecule has 1 amide bonds. The van der Waals surface area contributed by atoms with Gasteiger partial charge in [0.25, 0.3) is 0 Å². The summed E-state index contributed by atoms with van der Waals surface area (Å²) in [5.74, 6) is -2.44. The van der Waals surface area contributed by atoms with Crippen molar-refractivity contribution in [2.45, 2.75) is 32.6 Å². The van der Waals surface area contributed by atoms with E-state index in [4.69, 9.17) is 0 Å². The van der Waals surface area contributed by atoms with E-state index >= 15 is 0 Å². The number of carboxylic acid groups (broad SMARTS) is 1. The number of carboxylic acids is 1. The van der Waals surface area contributed by atoms with Gasteiger partial charge in [0, 0.05) is 23.5 Å². The molecule has 0 saturated heterocycles. The van der Waals surface area contributed by atoms with Crippen molar-refractivity contribution in [3.05, 3.63) is 29.8 Å². The Hall–Kier alpha value is -1.84. The molecular formula is C15H18NO3-. The average molecular weight is 260 g/mol. The first-order chi connectivity index (χ1) is 9.08. The summed E-state index contributed by atoms with van der Waals surface area (Å²) in [6.07, 6.45) is 2.91. The molecule has 4 heteroatoms. The Bertz CT molecular complexity index is 484. The Morgan fingerprint density at radius 3 is 2.53 bits per heavy atom. The molecule has 19 heavy (non-hydrogen) atoms. The lowest BCUT2D eigenvalue weighted by molar-refractivity contribution is -0.313. The van der Waals surface area contributed by atoms with Crippen molar-refractivity contribution >= 4 is 17.6 Å². The van der Waals surface area contributed by atoms with E-state index in [2.05, 4.69) is 5.32 Å². The summed E-state index contributed by atoms with van der Waals surface area (Å²) < 4.78 is 0. The normalized spacial score (nSPS) is 22.8. The molecule has 2 rings (SSSR count). The average Bonchev–Trinajstić information content (AvgIpc) is 2.38. The topological polar surface area (TPSA) is 69.2 Å². The van der Waals surface area contributed by atoms with Gasteiger partial charge >= 0.3 is 0 Å². The monoisotopic (exact) mass is 260 g/mol. The fourth-order valence-electron chi connectivity index (χ4n) is 2.68. The van der Waals surface area contributed by atoms with E-state index < -0.39 is 17.8 Å².